The van der Waals surface area contributed by atoms with Crippen LogP contribution in [0, 0.1) is 11.8 Å². The Morgan fingerprint density at radius 3 is 2.39 bits per heavy atom. The maximum Gasteiger partial charge on any atom is 0.0107 e. The van der Waals surface area contributed by atoms with Gasteiger partial charge in [0.15, 0.2) is 0 Å². The molecule has 1 saturated heterocycles. The summed E-state index contributed by atoms with van der Waals surface area (Å²) in [6, 6.07) is 0.812. The van der Waals surface area contributed by atoms with E-state index in [0.717, 1.165) is 17.9 Å². The van der Waals surface area contributed by atoms with E-state index >= 15 is 0 Å². The third kappa shape index (κ3) is 4.89. The Bertz CT molecular complexity index is 221. The maximum absolute atomic E-state index is 3.78. The van der Waals surface area contributed by atoms with Crippen molar-refractivity contribution >= 4 is 0 Å². The van der Waals surface area contributed by atoms with E-state index in [1.807, 2.05) is 0 Å². The molecule has 2 fully saturated rings. The number of likely N-dealkylation sites (tertiary alicyclic amines) is 1. The molecular formula is C16H32N2. The lowest BCUT2D eigenvalue weighted by Gasteiger charge is -2.28. The van der Waals surface area contributed by atoms with E-state index in [0.29, 0.717) is 0 Å². The van der Waals surface area contributed by atoms with Crippen LogP contribution in [0.15, 0.2) is 0 Å². The van der Waals surface area contributed by atoms with Crippen molar-refractivity contribution in [1.82, 2.24) is 10.2 Å². The Kier molecular flexibility index (Phi) is 5.97. The van der Waals surface area contributed by atoms with Crippen LogP contribution in [0.1, 0.15) is 58.8 Å². The van der Waals surface area contributed by atoms with Gasteiger partial charge in [-0.15, -0.1) is 0 Å². The fraction of sp³-hybridized carbons (Fsp3) is 1.00. The van der Waals surface area contributed by atoms with Gasteiger partial charge in [-0.1, -0.05) is 13.8 Å². The molecule has 2 aliphatic rings. The van der Waals surface area contributed by atoms with Gasteiger partial charge in [0, 0.05) is 19.1 Å². The summed E-state index contributed by atoms with van der Waals surface area (Å²) in [6.07, 6.45) is 9.90. The highest BCUT2D eigenvalue weighted by Crippen LogP contribution is 2.23. The average molecular weight is 252 g/mol. The van der Waals surface area contributed by atoms with Crippen LogP contribution in [0.5, 0.6) is 0 Å². The molecular weight excluding hydrogens is 220 g/mol. The zero-order valence-electron chi connectivity index (χ0n) is 12.5. The lowest BCUT2D eigenvalue weighted by molar-refractivity contribution is 0.258. The van der Waals surface area contributed by atoms with Crippen molar-refractivity contribution in [2.24, 2.45) is 11.8 Å². The van der Waals surface area contributed by atoms with Gasteiger partial charge < -0.3 is 10.2 Å². The van der Waals surface area contributed by atoms with Crippen molar-refractivity contribution in [1.29, 1.82) is 0 Å². The van der Waals surface area contributed by atoms with Gasteiger partial charge in [0.1, 0.15) is 0 Å². The van der Waals surface area contributed by atoms with E-state index in [1.165, 1.54) is 71.1 Å². The van der Waals surface area contributed by atoms with Gasteiger partial charge in [-0.05, 0) is 69.9 Å². The molecule has 106 valence electrons. The highest BCUT2D eigenvalue weighted by atomic mass is 15.1. The molecule has 1 saturated carbocycles. The van der Waals surface area contributed by atoms with Gasteiger partial charge in [0.05, 0.1) is 0 Å². The zero-order chi connectivity index (χ0) is 12.8. The first-order valence-electron chi connectivity index (χ1n) is 8.20. The van der Waals surface area contributed by atoms with E-state index in [2.05, 4.69) is 24.1 Å². The van der Waals surface area contributed by atoms with E-state index in [9.17, 15) is 0 Å². The molecule has 2 heteroatoms. The van der Waals surface area contributed by atoms with Crippen molar-refractivity contribution in [2.75, 3.05) is 26.2 Å². The fourth-order valence-electron chi connectivity index (χ4n) is 3.44. The molecule has 1 aliphatic carbocycles. The minimum Gasteiger partial charge on any atom is -0.313 e. The number of hydrogen-bond donors (Lipinski definition) is 1. The molecule has 1 unspecified atom stereocenters. The van der Waals surface area contributed by atoms with Crippen LogP contribution < -0.4 is 5.32 Å². The second-order valence-electron chi connectivity index (χ2n) is 6.79. The van der Waals surface area contributed by atoms with Crippen LogP contribution in [0.3, 0.4) is 0 Å². The summed E-state index contributed by atoms with van der Waals surface area (Å²) >= 11 is 0. The lowest BCUT2D eigenvalue weighted by Crippen LogP contribution is -2.39. The largest absolute Gasteiger partial charge is 0.313 e. The summed E-state index contributed by atoms with van der Waals surface area (Å²) < 4.78 is 0. The minimum absolute atomic E-state index is 0.812. The molecule has 2 rings (SSSR count). The highest BCUT2D eigenvalue weighted by molar-refractivity contribution is 4.76. The minimum atomic E-state index is 0.812. The van der Waals surface area contributed by atoms with Gasteiger partial charge in [0.25, 0.3) is 0 Å². The Hall–Kier alpha value is -0.0800. The molecule has 0 bridgehead atoms. The Balaban J connectivity index is 1.57. The molecule has 18 heavy (non-hydrogen) atoms. The summed E-state index contributed by atoms with van der Waals surface area (Å²) in [6.45, 7) is 9.92. The van der Waals surface area contributed by atoms with Crippen molar-refractivity contribution < 1.29 is 0 Å². The van der Waals surface area contributed by atoms with E-state index in [1.54, 1.807) is 0 Å². The quantitative estimate of drug-likeness (QED) is 0.826. The Morgan fingerprint density at radius 1 is 0.889 bits per heavy atom. The summed E-state index contributed by atoms with van der Waals surface area (Å²) in [5.41, 5.74) is 0. The van der Waals surface area contributed by atoms with Crippen LogP contribution in [-0.4, -0.2) is 37.1 Å². The van der Waals surface area contributed by atoms with Gasteiger partial charge in [-0.2, -0.15) is 0 Å². The Labute approximate surface area is 114 Å². The zero-order valence-corrected chi connectivity index (χ0v) is 12.5. The smallest absolute Gasteiger partial charge is 0.0107 e. The van der Waals surface area contributed by atoms with E-state index in [-0.39, 0.29) is 0 Å². The predicted octanol–water partition coefficient (Wildman–Crippen LogP) is 3.28. The van der Waals surface area contributed by atoms with Gasteiger partial charge in [-0.3, -0.25) is 0 Å². The molecule has 0 aromatic heterocycles. The number of nitrogens with one attached hydrogen (secondary N) is 1. The molecule has 0 aromatic rings. The number of rotatable bonds is 4. The van der Waals surface area contributed by atoms with Crippen LogP contribution >= 0.6 is 0 Å². The van der Waals surface area contributed by atoms with Crippen LogP contribution in [-0.2, 0) is 0 Å². The standard InChI is InChI=1S/C16H32N2/c1-14-4-3-11-18(12-9-14)13-10-17-16-7-5-15(2)6-8-16/h14-17H,3-13H2,1-2H3. The molecule has 1 N–H and O–H groups in total. The molecule has 1 atom stereocenters. The van der Waals surface area contributed by atoms with Crippen LogP contribution in [0.2, 0.25) is 0 Å². The maximum atomic E-state index is 3.78. The molecule has 0 amide bonds. The van der Waals surface area contributed by atoms with Gasteiger partial charge in [0.2, 0.25) is 0 Å². The summed E-state index contributed by atoms with van der Waals surface area (Å²) in [5, 5.41) is 3.78. The van der Waals surface area contributed by atoms with Crippen LogP contribution in [0.4, 0.5) is 0 Å². The van der Waals surface area contributed by atoms with E-state index in [4.69, 9.17) is 0 Å². The normalized spacial score (nSPS) is 35.3. The lowest BCUT2D eigenvalue weighted by atomic mass is 9.87. The average Bonchev–Trinajstić information content (AvgIpc) is 2.57. The monoisotopic (exact) mass is 252 g/mol. The molecule has 0 aromatic carbocycles. The summed E-state index contributed by atoms with van der Waals surface area (Å²) in [5.74, 6) is 1.91. The molecule has 2 nitrogen and oxygen atoms in total. The van der Waals surface area contributed by atoms with Gasteiger partial charge >= 0.3 is 0 Å². The van der Waals surface area contributed by atoms with Gasteiger partial charge in [-0.25, -0.2) is 0 Å². The highest BCUT2D eigenvalue weighted by Gasteiger charge is 2.18. The number of hydrogen-bond acceptors (Lipinski definition) is 2. The van der Waals surface area contributed by atoms with Crippen molar-refractivity contribution in [3.05, 3.63) is 0 Å². The molecule has 0 spiro atoms. The van der Waals surface area contributed by atoms with Crippen LogP contribution in [0.25, 0.3) is 0 Å². The summed E-state index contributed by atoms with van der Waals surface area (Å²) in [4.78, 5) is 2.67. The summed E-state index contributed by atoms with van der Waals surface area (Å²) in [7, 11) is 0. The van der Waals surface area contributed by atoms with Crippen molar-refractivity contribution in [3.8, 4) is 0 Å². The fourth-order valence-corrected chi connectivity index (χ4v) is 3.44. The topological polar surface area (TPSA) is 15.3 Å². The van der Waals surface area contributed by atoms with Crippen molar-refractivity contribution in [2.45, 2.75) is 64.8 Å². The number of nitrogens with zero attached hydrogens (tertiary/aromatic N) is 1. The molecule has 1 aliphatic heterocycles. The predicted molar refractivity (Wildman–Crippen MR) is 78.9 cm³/mol. The molecule has 0 radical (unpaired) electrons. The first-order valence-corrected chi connectivity index (χ1v) is 8.20. The third-order valence-electron chi connectivity index (χ3n) is 4.99. The Morgan fingerprint density at radius 2 is 1.61 bits per heavy atom. The van der Waals surface area contributed by atoms with Crippen molar-refractivity contribution in [3.63, 3.8) is 0 Å². The second kappa shape index (κ2) is 7.49. The SMILES string of the molecule is CC1CCC(NCCN2CCCC(C)CC2)CC1. The second-order valence-corrected chi connectivity index (χ2v) is 6.79. The molecule has 1 heterocycles. The third-order valence-corrected chi connectivity index (χ3v) is 4.99. The first-order chi connectivity index (χ1) is 8.74. The first kappa shape index (κ1) is 14.3. The van der Waals surface area contributed by atoms with E-state index < -0.39 is 0 Å².